The molecule has 4 nitrogen and oxygen atoms in total. The van der Waals surface area contributed by atoms with E-state index in [9.17, 15) is 4.79 Å². The summed E-state index contributed by atoms with van der Waals surface area (Å²) in [4.78, 5) is 11.9. The van der Waals surface area contributed by atoms with Crippen molar-refractivity contribution in [3.05, 3.63) is 45.7 Å². The van der Waals surface area contributed by atoms with Crippen LogP contribution in [0, 0.1) is 0 Å². The highest BCUT2D eigenvalue weighted by molar-refractivity contribution is 9.10. The van der Waals surface area contributed by atoms with Crippen LogP contribution in [0.5, 0.6) is 0 Å². The van der Waals surface area contributed by atoms with Gasteiger partial charge in [0.15, 0.2) is 5.69 Å². The lowest BCUT2D eigenvalue weighted by atomic mass is 10.3. The molecule has 0 aliphatic heterocycles. The van der Waals surface area contributed by atoms with E-state index >= 15 is 0 Å². The summed E-state index contributed by atoms with van der Waals surface area (Å²) >= 11 is 9.24. The number of anilines is 1. The van der Waals surface area contributed by atoms with Gasteiger partial charge in [0.2, 0.25) is 0 Å². The molecule has 1 N–H and O–H groups in total. The molecule has 2 aromatic rings. The third-order valence-electron chi connectivity index (χ3n) is 2.12. The van der Waals surface area contributed by atoms with E-state index in [2.05, 4.69) is 26.3 Å². The molecule has 6 heteroatoms. The van der Waals surface area contributed by atoms with Crippen LogP contribution in [0.2, 0.25) is 5.02 Å². The molecule has 88 valence electrons. The minimum absolute atomic E-state index is 0.213. The first-order valence-electron chi connectivity index (χ1n) is 4.83. The van der Waals surface area contributed by atoms with Gasteiger partial charge in [-0.2, -0.15) is 5.10 Å². The van der Waals surface area contributed by atoms with Gasteiger partial charge in [-0.1, -0.05) is 23.7 Å². The predicted octanol–water partition coefficient (Wildman–Crippen LogP) is 3.09. The summed E-state index contributed by atoms with van der Waals surface area (Å²) in [6.07, 6.45) is 1.58. The fourth-order valence-corrected chi connectivity index (χ4v) is 2.01. The van der Waals surface area contributed by atoms with Crippen LogP contribution in [-0.4, -0.2) is 15.7 Å². The van der Waals surface area contributed by atoms with Crippen molar-refractivity contribution in [1.29, 1.82) is 0 Å². The standard InChI is InChI=1S/C11H9BrClN3O/c1-16-6-8(13)10(15-16)11(17)14-9-5-3-2-4-7(9)12/h2-6H,1H3,(H,14,17). The lowest BCUT2D eigenvalue weighted by Gasteiger charge is -2.05. The van der Waals surface area contributed by atoms with Crippen molar-refractivity contribution in [2.45, 2.75) is 0 Å². The maximum absolute atomic E-state index is 11.9. The fourth-order valence-electron chi connectivity index (χ4n) is 1.36. The van der Waals surface area contributed by atoms with Gasteiger partial charge in [0, 0.05) is 17.7 Å². The number of nitrogens with one attached hydrogen (secondary N) is 1. The van der Waals surface area contributed by atoms with Crippen LogP contribution in [0.25, 0.3) is 0 Å². The van der Waals surface area contributed by atoms with Crippen LogP contribution in [0.3, 0.4) is 0 Å². The summed E-state index contributed by atoms with van der Waals surface area (Å²) < 4.78 is 2.30. The number of nitrogens with zero attached hydrogens (tertiary/aromatic N) is 2. The smallest absolute Gasteiger partial charge is 0.277 e. The van der Waals surface area contributed by atoms with Gasteiger partial charge in [0.05, 0.1) is 10.7 Å². The Morgan fingerprint density at radius 3 is 2.76 bits per heavy atom. The van der Waals surface area contributed by atoms with Gasteiger partial charge in [-0.05, 0) is 28.1 Å². The molecule has 2 rings (SSSR count). The normalized spacial score (nSPS) is 10.3. The molecule has 1 heterocycles. The van der Waals surface area contributed by atoms with Crippen molar-refractivity contribution in [1.82, 2.24) is 9.78 Å². The van der Waals surface area contributed by atoms with Gasteiger partial charge in [-0.25, -0.2) is 0 Å². The van der Waals surface area contributed by atoms with Gasteiger partial charge in [0.25, 0.3) is 5.91 Å². The molecule has 0 bridgehead atoms. The lowest BCUT2D eigenvalue weighted by Crippen LogP contribution is -2.13. The SMILES string of the molecule is Cn1cc(Cl)c(C(=O)Nc2ccccc2Br)n1. The molecule has 0 aliphatic carbocycles. The fraction of sp³-hybridized carbons (Fsp3) is 0.0909. The van der Waals surface area contributed by atoms with E-state index in [0.29, 0.717) is 10.7 Å². The zero-order chi connectivity index (χ0) is 12.4. The Kier molecular flexibility index (Phi) is 3.49. The molecular formula is C11H9BrClN3O. The summed E-state index contributed by atoms with van der Waals surface area (Å²) in [5, 5.41) is 7.06. The van der Waals surface area contributed by atoms with Crippen LogP contribution in [0.1, 0.15) is 10.5 Å². The molecule has 0 radical (unpaired) electrons. The van der Waals surface area contributed by atoms with E-state index in [0.717, 1.165) is 4.47 Å². The van der Waals surface area contributed by atoms with Gasteiger partial charge in [-0.15, -0.1) is 0 Å². The van der Waals surface area contributed by atoms with Crippen molar-refractivity contribution in [2.24, 2.45) is 7.05 Å². The first-order chi connectivity index (χ1) is 8.08. The Morgan fingerprint density at radius 1 is 1.47 bits per heavy atom. The first kappa shape index (κ1) is 12.1. The monoisotopic (exact) mass is 313 g/mol. The summed E-state index contributed by atoms with van der Waals surface area (Å²) in [7, 11) is 1.71. The van der Waals surface area contributed by atoms with E-state index in [1.807, 2.05) is 18.2 Å². The van der Waals surface area contributed by atoms with Crippen molar-refractivity contribution in [2.75, 3.05) is 5.32 Å². The Hall–Kier alpha value is -1.33. The van der Waals surface area contributed by atoms with Crippen molar-refractivity contribution in [3.63, 3.8) is 0 Å². The number of rotatable bonds is 2. The molecule has 1 aromatic carbocycles. The van der Waals surface area contributed by atoms with Crippen LogP contribution in [0.15, 0.2) is 34.9 Å². The average Bonchev–Trinajstić information content (AvgIpc) is 2.61. The Labute approximate surface area is 112 Å². The Bertz CT molecular complexity index is 568. The molecule has 0 saturated heterocycles. The predicted molar refractivity (Wildman–Crippen MR) is 70.3 cm³/mol. The van der Waals surface area contributed by atoms with Crippen LogP contribution >= 0.6 is 27.5 Å². The second-order valence-electron chi connectivity index (χ2n) is 3.43. The van der Waals surface area contributed by atoms with Gasteiger partial charge < -0.3 is 5.32 Å². The number of carbonyl (C=O) groups is 1. The minimum atomic E-state index is -0.331. The number of amides is 1. The van der Waals surface area contributed by atoms with E-state index in [4.69, 9.17) is 11.6 Å². The van der Waals surface area contributed by atoms with Gasteiger partial charge in [-0.3, -0.25) is 9.48 Å². The van der Waals surface area contributed by atoms with Crippen LogP contribution in [0.4, 0.5) is 5.69 Å². The quantitative estimate of drug-likeness (QED) is 0.926. The number of hydrogen-bond acceptors (Lipinski definition) is 2. The first-order valence-corrected chi connectivity index (χ1v) is 6.00. The Morgan fingerprint density at radius 2 is 2.18 bits per heavy atom. The summed E-state index contributed by atoms with van der Waals surface area (Å²) in [5.74, 6) is -0.331. The molecule has 1 amide bonds. The molecule has 0 aliphatic rings. The van der Waals surface area contributed by atoms with E-state index < -0.39 is 0 Å². The number of halogens is 2. The summed E-state index contributed by atoms with van der Waals surface area (Å²) in [5.41, 5.74) is 0.893. The zero-order valence-corrected chi connectivity index (χ0v) is 11.3. The van der Waals surface area contributed by atoms with Crippen LogP contribution in [-0.2, 0) is 7.05 Å². The highest BCUT2D eigenvalue weighted by Crippen LogP contribution is 2.22. The third kappa shape index (κ3) is 2.68. The van der Waals surface area contributed by atoms with E-state index in [1.165, 1.54) is 4.68 Å². The summed E-state index contributed by atoms with van der Waals surface area (Å²) in [6.45, 7) is 0. The van der Waals surface area contributed by atoms with E-state index in [1.54, 1.807) is 19.3 Å². The largest absolute Gasteiger partial charge is 0.319 e. The van der Waals surface area contributed by atoms with Gasteiger partial charge >= 0.3 is 0 Å². The number of aromatic nitrogens is 2. The van der Waals surface area contributed by atoms with Crippen molar-refractivity contribution in [3.8, 4) is 0 Å². The minimum Gasteiger partial charge on any atom is -0.319 e. The molecule has 17 heavy (non-hydrogen) atoms. The average molecular weight is 315 g/mol. The highest BCUT2D eigenvalue weighted by atomic mass is 79.9. The molecule has 0 saturated carbocycles. The maximum atomic E-state index is 11.9. The molecule has 0 fully saturated rings. The van der Waals surface area contributed by atoms with Crippen molar-refractivity contribution >= 4 is 39.1 Å². The molecule has 0 unspecified atom stereocenters. The molecule has 0 spiro atoms. The van der Waals surface area contributed by atoms with Crippen molar-refractivity contribution < 1.29 is 4.79 Å². The molecular weight excluding hydrogens is 305 g/mol. The van der Waals surface area contributed by atoms with Crippen LogP contribution < -0.4 is 5.32 Å². The lowest BCUT2D eigenvalue weighted by molar-refractivity contribution is 0.102. The maximum Gasteiger partial charge on any atom is 0.277 e. The number of para-hydroxylation sites is 1. The molecule has 0 atom stereocenters. The second kappa shape index (κ2) is 4.89. The number of carbonyl (C=O) groups excluding carboxylic acids is 1. The third-order valence-corrected chi connectivity index (χ3v) is 3.09. The number of aryl methyl sites for hydroxylation is 1. The summed E-state index contributed by atoms with van der Waals surface area (Å²) in [6, 6.07) is 7.34. The highest BCUT2D eigenvalue weighted by Gasteiger charge is 2.15. The molecule has 1 aromatic heterocycles. The zero-order valence-electron chi connectivity index (χ0n) is 8.95. The number of hydrogen-bond donors (Lipinski definition) is 1. The van der Waals surface area contributed by atoms with E-state index in [-0.39, 0.29) is 11.6 Å². The van der Waals surface area contributed by atoms with Gasteiger partial charge in [0.1, 0.15) is 0 Å². The topological polar surface area (TPSA) is 46.9 Å². The second-order valence-corrected chi connectivity index (χ2v) is 4.69. The Balaban J connectivity index is 2.23. The number of benzene rings is 1.